The Hall–Kier alpha value is -2.40. The minimum Gasteiger partial charge on any atom is -0.478 e. The Balaban J connectivity index is 2.38. The molecule has 102 valence electrons. The quantitative estimate of drug-likeness (QED) is 0.911. The van der Waals surface area contributed by atoms with Gasteiger partial charge in [-0.3, -0.25) is 9.78 Å². The van der Waals surface area contributed by atoms with Crippen LogP contribution in [0.4, 0.5) is 5.69 Å². The van der Waals surface area contributed by atoms with Gasteiger partial charge < -0.3 is 10.4 Å². The van der Waals surface area contributed by atoms with Crippen molar-refractivity contribution in [2.75, 3.05) is 5.32 Å². The van der Waals surface area contributed by atoms with Crippen molar-refractivity contribution in [3.63, 3.8) is 0 Å². The van der Waals surface area contributed by atoms with Gasteiger partial charge in [-0.2, -0.15) is 0 Å². The molecule has 0 saturated carbocycles. The molecule has 2 N–H and O–H groups in total. The molecule has 0 aliphatic rings. The number of carboxylic acids is 1. The lowest BCUT2D eigenvalue weighted by molar-refractivity contribution is 0.0698. The zero-order valence-electron chi connectivity index (χ0n) is 10.6. The number of para-hydroxylation sites is 1. The van der Waals surface area contributed by atoms with E-state index in [9.17, 15) is 9.59 Å². The predicted octanol–water partition coefficient (Wildman–Crippen LogP) is 2.99. The molecule has 6 heteroatoms. The highest BCUT2D eigenvalue weighted by Crippen LogP contribution is 2.26. The number of benzene rings is 1. The van der Waals surface area contributed by atoms with E-state index in [0.29, 0.717) is 11.3 Å². The summed E-state index contributed by atoms with van der Waals surface area (Å²) in [5, 5.41) is 11.8. The normalized spacial score (nSPS) is 10.1. The van der Waals surface area contributed by atoms with E-state index < -0.39 is 11.9 Å². The van der Waals surface area contributed by atoms with Gasteiger partial charge in [-0.15, -0.1) is 0 Å². The number of carboxylic acid groups (broad SMARTS) is 1. The van der Waals surface area contributed by atoms with E-state index in [0.717, 1.165) is 0 Å². The first-order valence-corrected chi connectivity index (χ1v) is 6.13. The fraction of sp³-hybridized carbons (Fsp3) is 0.0714. The summed E-state index contributed by atoms with van der Waals surface area (Å²) in [6.45, 7) is 1.69. The number of nitrogens with one attached hydrogen (secondary N) is 1. The van der Waals surface area contributed by atoms with Crippen molar-refractivity contribution < 1.29 is 14.7 Å². The molecule has 0 saturated heterocycles. The Labute approximate surface area is 120 Å². The number of aryl methyl sites for hydroxylation is 1. The largest absolute Gasteiger partial charge is 0.478 e. The summed E-state index contributed by atoms with van der Waals surface area (Å²) in [5.41, 5.74) is 0.931. The summed E-state index contributed by atoms with van der Waals surface area (Å²) in [6.07, 6.45) is 1.57. The van der Waals surface area contributed by atoms with Crippen molar-refractivity contribution in [1.29, 1.82) is 0 Å². The lowest BCUT2D eigenvalue weighted by Gasteiger charge is -2.11. The summed E-state index contributed by atoms with van der Waals surface area (Å²) < 4.78 is 0. The highest BCUT2D eigenvalue weighted by Gasteiger charge is 2.17. The molecule has 0 aliphatic carbocycles. The van der Waals surface area contributed by atoms with Gasteiger partial charge in [0.15, 0.2) is 0 Å². The van der Waals surface area contributed by atoms with Crippen LogP contribution in [0.5, 0.6) is 0 Å². The monoisotopic (exact) mass is 290 g/mol. The number of rotatable bonds is 3. The molecule has 0 aliphatic heterocycles. The van der Waals surface area contributed by atoms with Gasteiger partial charge in [0.1, 0.15) is 0 Å². The number of aromatic carboxylic acids is 1. The molecule has 0 unspecified atom stereocenters. The van der Waals surface area contributed by atoms with Crippen molar-refractivity contribution in [3.05, 3.63) is 58.4 Å². The topological polar surface area (TPSA) is 79.3 Å². The summed E-state index contributed by atoms with van der Waals surface area (Å²) in [6, 6.07) is 7.64. The molecule has 0 spiro atoms. The summed E-state index contributed by atoms with van der Waals surface area (Å²) in [7, 11) is 0. The molecule has 1 aromatic heterocycles. The molecule has 0 radical (unpaired) electrons. The average molecular weight is 291 g/mol. The van der Waals surface area contributed by atoms with Gasteiger partial charge in [0.25, 0.3) is 5.91 Å². The maximum atomic E-state index is 12.2. The smallest absolute Gasteiger partial charge is 0.337 e. The number of aromatic nitrogens is 1. The Morgan fingerprint density at radius 1 is 1.20 bits per heavy atom. The van der Waals surface area contributed by atoms with E-state index in [2.05, 4.69) is 10.3 Å². The van der Waals surface area contributed by atoms with Crippen molar-refractivity contribution in [1.82, 2.24) is 4.98 Å². The molecular weight excluding hydrogens is 280 g/mol. The van der Waals surface area contributed by atoms with Crippen molar-refractivity contribution >= 4 is 29.2 Å². The van der Waals surface area contributed by atoms with Crippen LogP contribution >= 0.6 is 11.6 Å². The Morgan fingerprint density at radius 2 is 1.90 bits per heavy atom. The zero-order chi connectivity index (χ0) is 14.7. The van der Waals surface area contributed by atoms with Crippen LogP contribution in [-0.4, -0.2) is 22.0 Å². The molecule has 0 atom stereocenters. The SMILES string of the molecule is Cc1ncccc1C(=O)Nc1c(Cl)cccc1C(=O)O. The highest BCUT2D eigenvalue weighted by atomic mass is 35.5. The molecular formula is C14H11ClN2O3. The van der Waals surface area contributed by atoms with Crippen LogP contribution < -0.4 is 5.32 Å². The second-order valence-corrected chi connectivity index (χ2v) is 4.47. The molecule has 0 fully saturated rings. The number of hydrogen-bond donors (Lipinski definition) is 2. The van der Waals surface area contributed by atoms with E-state index in [1.54, 1.807) is 25.3 Å². The van der Waals surface area contributed by atoms with E-state index >= 15 is 0 Å². The maximum Gasteiger partial charge on any atom is 0.337 e. The van der Waals surface area contributed by atoms with Crippen LogP contribution in [0, 0.1) is 6.92 Å². The maximum absolute atomic E-state index is 12.2. The minimum absolute atomic E-state index is 0.0626. The predicted molar refractivity (Wildman–Crippen MR) is 75.3 cm³/mol. The Kier molecular flexibility index (Phi) is 4.00. The van der Waals surface area contributed by atoms with Crippen LogP contribution in [0.1, 0.15) is 26.4 Å². The molecule has 20 heavy (non-hydrogen) atoms. The van der Waals surface area contributed by atoms with E-state index in [-0.39, 0.29) is 16.3 Å². The molecule has 1 amide bonds. The molecule has 2 aromatic rings. The average Bonchev–Trinajstić information content (AvgIpc) is 2.41. The molecule has 5 nitrogen and oxygen atoms in total. The van der Waals surface area contributed by atoms with E-state index in [1.165, 1.54) is 18.2 Å². The van der Waals surface area contributed by atoms with Crippen LogP contribution in [0.2, 0.25) is 5.02 Å². The highest BCUT2D eigenvalue weighted by molar-refractivity contribution is 6.34. The first kappa shape index (κ1) is 14.0. The van der Waals surface area contributed by atoms with Crippen molar-refractivity contribution in [2.24, 2.45) is 0 Å². The summed E-state index contributed by atoms with van der Waals surface area (Å²) >= 11 is 5.95. The van der Waals surface area contributed by atoms with E-state index in [4.69, 9.17) is 16.7 Å². The number of carbonyl (C=O) groups is 2. The third kappa shape index (κ3) is 2.78. The van der Waals surface area contributed by atoms with Crippen LogP contribution in [0.3, 0.4) is 0 Å². The number of halogens is 1. The number of pyridine rings is 1. The lowest BCUT2D eigenvalue weighted by Crippen LogP contribution is -2.16. The first-order valence-electron chi connectivity index (χ1n) is 5.75. The van der Waals surface area contributed by atoms with Crippen LogP contribution in [-0.2, 0) is 0 Å². The number of amides is 1. The number of anilines is 1. The molecule has 0 bridgehead atoms. The third-order valence-electron chi connectivity index (χ3n) is 2.73. The van der Waals surface area contributed by atoms with Gasteiger partial charge in [-0.1, -0.05) is 17.7 Å². The van der Waals surface area contributed by atoms with E-state index in [1.807, 2.05) is 0 Å². The lowest BCUT2D eigenvalue weighted by atomic mass is 10.1. The first-order chi connectivity index (χ1) is 9.50. The van der Waals surface area contributed by atoms with Crippen molar-refractivity contribution in [3.8, 4) is 0 Å². The minimum atomic E-state index is -1.16. The van der Waals surface area contributed by atoms with Crippen LogP contribution in [0.25, 0.3) is 0 Å². The van der Waals surface area contributed by atoms with Gasteiger partial charge in [0.05, 0.1) is 21.8 Å². The van der Waals surface area contributed by atoms with Crippen molar-refractivity contribution in [2.45, 2.75) is 6.92 Å². The number of nitrogens with zero attached hydrogens (tertiary/aromatic N) is 1. The van der Waals surface area contributed by atoms with Gasteiger partial charge in [-0.25, -0.2) is 4.79 Å². The van der Waals surface area contributed by atoms with Gasteiger partial charge in [0.2, 0.25) is 0 Å². The Morgan fingerprint density at radius 3 is 2.55 bits per heavy atom. The van der Waals surface area contributed by atoms with Gasteiger partial charge >= 0.3 is 5.97 Å². The fourth-order valence-electron chi connectivity index (χ4n) is 1.73. The van der Waals surface area contributed by atoms with Crippen LogP contribution in [0.15, 0.2) is 36.5 Å². The second kappa shape index (κ2) is 5.71. The Bertz CT molecular complexity index is 686. The van der Waals surface area contributed by atoms with Gasteiger partial charge in [0, 0.05) is 11.9 Å². The standard InChI is InChI=1S/C14H11ClN2O3/c1-8-9(5-3-7-16-8)13(18)17-12-10(14(19)20)4-2-6-11(12)15/h2-7H,1H3,(H,17,18)(H,19,20). The number of hydrogen-bond acceptors (Lipinski definition) is 3. The third-order valence-corrected chi connectivity index (χ3v) is 3.05. The zero-order valence-corrected chi connectivity index (χ0v) is 11.3. The summed E-state index contributed by atoms with van der Waals surface area (Å²) in [5.74, 6) is -1.61. The molecule has 2 rings (SSSR count). The summed E-state index contributed by atoms with van der Waals surface area (Å²) in [4.78, 5) is 27.3. The fourth-order valence-corrected chi connectivity index (χ4v) is 1.96. The molecule has 1 heterocycles. The molecule has 1 aromatic carbocycles. The van der Waals surface area contributed by atoms with Gasteiger partial charge in [-0.05, 0) is 31.2 Å². The number of carbonyl (C=O) groups excluding carboxylic acids is 1. The second-order valence-electron chi connectivity index (χ2n) is 4.06.